The van der Waals surface area contributed by atoms with E-state index in [1.54, 1.807) is 6.07 Å². The van der Waals surface area contributed by atoms with Gasteiger partial charge in [0.1, 0.15) is 11.6 Å². The first-order chi connectivity index (χ1) is 9.83. The van der Waals surface area contributed by atoms with Crippen LogP contribution in [0.4, 0.5) is 23.2 Å². The fraction of sp³-hybridized carbons (Fsp3) is 0.143. The third-order valence-corrected chi connectivity index (χ3v) is 3.68. The van der Waals surface area contributed by atoms with Crippen LogP contribution in [-0.4, -0.2) is 6.36 Å². The maximum absolute atomic E-state index is 12.9. The van der Waals surface area contributed by atoms with E-state index in [0.29, 0.717) is 16.3 Å². The van der Waals surface area contributed by atoms with Gasteiger partial charge in [-0.1, -0.05) is 12.1 Å². The van der Waals surface area contributed by atoms with E-state index in [1.165, 1.54) is 48.2 Å². The molecule has 2 rings (SSSR count). The van der Waals surface area contributed by atoms with Gasteiger partial charge in [-0.25, -0.2) is 4.39 Å². The molecule has 0 aliphatic carbocycles. The number of nitrogens with two attached hydrogens (primary N) is 1. The van der Waals surface area contributed by atoms with Crippen LogP contribution in [0, 0.1) is 5.82 Å². The van der Waals surface area contributed by atoms with E-state index in [9.17, 15) is 17.6 Å². The second-order valence-corrected chi connectivity index (χ2v) is 5.18. The van der Waals surface area contributed by atoms with Gasteiger partial charge in [0.2, 0.25) is 0 Å². The van der Waals surface area contributed by atoms with Crippen molar-refractivity contribution in [2.45, 2.75) is 17.0 Å². The van der Waals surface area contributed by atoms with Crippen molar-refractivity contribution in [3.8, 4) is 5.75 Å². The molecule has 2 aromatic rings. The predicted molar refractivity (Wildman–Crippen MR) is 73.5 cm³/mol. The predicted octanol–water partition coefficient (Wildman–Crippen LogP) is 4.60. The number of thioether (sulfide) groups is 1. The molecule has 0 aliphatic heterocycles. The van der Waals surface area contributed by atoms with Gasteiger partial charge in [-0.2, -0.15) is 0 Å². The third kappa shape index (κ3) is 4.86. The molecule has 0 fully saturated rings. The summed E-state index contributed by atoms with van der Waals surface area (Å²) in [5.41, 5.74) is 6.81. The molecule has 0 bridgehead atoms. The summed E-state index contributed by atoms with van der Waals surface area (Å²) in [6.45, 7) is 0. The lowest BCUT2D eigenvalue weighted by molar-refractivity contribution is -0.274. The van der Waals surface area contributed by atoms with Gasteiger partial charge in [0.15, 0.2) is 0 Å². The zero-order valence-electron chi connectivity index (χ0n) is 10.7. The minimum atomic E-state index is -4.70. The number of alkyl halides is 3. The standard InChI is InChI=1S/C14H11F4NOS/c15-10-3-6-13(12(19)7-10)21-8-9-1-4-11(5-2-9)20-14(16,17)18/h1-7H,8,19H2. The summed E-state index contributed by atoms with van der Waals surface area (Å²) in [6, 6.07) is 9.66. The largest absolute Gasteiger partial charge is 0.573 e. The molecule has 0 aliphatic rings. The Kier molecular flexibility index (Phi) is 4.62. The number of nitrogen functional groups attached to an aromatic ring is 1. The quantitative estimate of drug-likeness (QED) is 0.508. The number of ether oxygens (including phenoxy) is 1. The Labute approximate surface area is 122 Å². The Morgan fingerprint density at radius 1 is 1.05 bits per heavy atom. The van der Waals surface area contributed by atoms with Crippen LogP contribution in [0.5, 0.6) is 5.75 Å². The van der Waals surface area contributed by atoms with Crippen molar-refractivity contribution in [3.05, 3.63) is 53.8 Å². The van der Waals surface area contributed by atoms with E-state index in [0.717, 1.165) is 5.56 Å². The Morgan fingerprint density at radius 2 is 1.71 bits per heavy atom. The highest BCUT2D eigenvalue weighted by atomic mass is 32.2. The molecule has 0 atom stereocenters. The highest BCUT2D eigenvalue weighted by Gasteiger charge is 2.30. The molecule has 21 heavy (non-hydrogen) atoms. The molecule has 0 radical (unpaired) electrons. The van der Waals surface area contributed by atoms with E-state index in [1.807, 2.05) is 0 Å². The smallest absolute Gasteiger partial charge is 0.406 e. The lowest BCUT2D eigenvalue weighted by Gasteiger charge is -2.09. The lowest BCUT2D eigenvalue weighted by Crippen LogP contribution is -2.16. The van der Waals surface area contributed by atoms with Crippen molar-refractivity contribution in [1.82, 2.24) is 0 Å². The van der Waals surface area contributed by atoms with Crippen LogP contribution in [0.3, 0.4) is 0 Å². The van der Waals surface area contributed by atoms with Crippen LogP contribution in [0.25, 0.3) is 0 Å². The van der Waals surface area contributed by atoms with Gasteiger partial charge in [-0.15, -0.1) is 24.9 Å². The van der Waals surface area contributed by atoms with Crippen molar-refractivity contribution >= 4 is 17.4 Å². The SMILES string of the molecule is Nc1cc(F)ccc1SCc1ccc(OC(F)(F)F)cc1. The highest BCUT2D eigenvalue weighted by Crippen LogP contribution is 2.29. The molecule has 2 nitrogen and oxygen atoms in total. The molecule has 0 spiro atoms. The fourth-order valence-electron chi connectivity index (χ4n) is 1.60. The Morgan fingerprint density at radius 3 is 2.29 bits per heavy atom. The maximum Gasteiger partial charge on any atom is 0.573 e. The summed E-state index contributed by atoms with van der Waals surface area (Å²) in [5.74, 6) is -0.176. The zero-order chi connectivity index (χ0) is 15.5. The zero-order valence-corrected chi connectivity index (χ0v) is 11.5. The van der Waals surface area contributed by atoms with E-state index >= 15 is 0 Å². The number of hydrogen-bond acceptors (Lipinski definition) is 3. The molecule has 0 aromatic heterocycles. The number of halogens is 4. The summed E-state index contributed by atoms with van der Waals surface area (Å²) in [6.07, 6.45) is -4.70. The van der Waals surface area contributed by atoms with Crippen LogP contribution in [0.1, 0.15) is 5.56 Å². The van der Waals surface area contributed by atoms with Crippen molar-refractivity contribution in [3.63, 3.8) is 0 Å². The van der Waals surface area contributed by atoms with Crippen molar-refractivity contribution in [1.29, 1.82) is 0 Å². The Balaban J connectivity index is 1.97. The van der Waals surface area contributed by atoms with E-state index in [4.69, 9.17) is 5.73 Å². The number of benzene rings is 2. The molecule has 7 heteroatoms. The average molecular weight is 317 g/mol. The summed E-state index contributed by atoms with van der Waals surface area (Å²) in [4.78, 5) is 0.715. The second kappa shape index (κ2) is 6.26. The van der Waals surface area contributed by atoms with Crippen LogP contribution >= 0.6 is 11.8 Å². The minimum absolute atomic E-state index is 0.266. The maximum atomic E-state index is 12.9. The van der Waals surface area contributed by atoms with E-state index in [-0.39, 0.29) is 5.75 Å². The number of rotatable bonds is 4. The molecule has 112 valence electrons. The van der Waals surface area contributed by atoms with Gasteiger partial charge in [-0.05, 0) is 35.9 Å². The van der Waals surface area contributed by atoms with Crippen LogP contribution in [0.2, 0.25) is 0 Å². The molecular formula is C14H11F4NOS. The van der Waals surface area contributed by atoms with Gasteiger partial charge >= 0.3 is 6.36 Å². The molecule has 0 amide bonds. The third-order valence-electron chi connectivity index (χ3n) is 2.52. The topological polar surface area (TPSA) is 35.2 Å². The average Bonchev–Trinajstić information content (AvgIpc) is 2.38. The van der Waals surface area contributed by atoms with Gasteiger partial charge in [0.05, 0.1) is 0 Å². The number of anilines is 1. The van der Waals surface area contributed by atoms with Gasteiger partial charge in [0.25, 0.3) is 0 Å². The normalized spacial score (nSPS) is 11.4. The first-order valence-electron chi connectivity index (χ1n) is 5.86. The number of hydrogen-bond donors (Lipinski definition) is 1. The Hall–Kier alpha value is -1.89. The van der Waals surface area contributed by atoms with Crippen LogP contribution in [0.15, 0.2) is 47.4 Å². The fourth-order valence-corrected chi connectivity index (χ4v) is 2.50. The van der Waals surface area contributed by atoms with Crippen LogP contribution in [-0.2, 0) is 5.75 Å². The first-order valence-corrected chi connectivity index (χ1v) is 6.84. The van der Waals surface area contributed by atoms with Crippen molar-refractivity contribution < 1.29 is 22.3 Å². The van der Waals surface area contributed by atoms with E-state index in [2.05, 4.69) is 4.74 Å². The minimum Gasteiger partial charge on any atom is -0.406 e. The van der Waals surface area contributed by atoms with Gasteiger partial charge in [-0.3, -0.25) is 0 Å². The summed E-state index contributed by atoms with van der Waals surface area (Å²) >= 11 is 1.37. The lowest BCUT2D eigenvalue weighted by atomic mass is 10.2. The summed E-state index contributed by atoms with van der Waals surface area (Å²) in [5, 5.41) is 0. The molecule has 0 heterocycles. The molecule has 0 saturated carbocycles. The van der Waals surface area contributed by atoms with Crippen molar-refractivity contribution in [2.24, 2.45) is 0 Å². The van der Waals surface area contributed by atoms with Crippen LogP contribution < -0.4 is 10.5 Å². The van der Waals surface area contributed by atoms with Crippen molar-refractivity contribution in [2.75, 3.05) is 5.73 Å². The molecular weight excluding hydrogens is 306 g/mol. The molecule has 0 unspecified atom stereocenters. The van der Waals surface area contributed by atoms with Gasteiger partial charge in [0, 0.05) is 16.3 Å². The molecule has 2 aromatic carbocycles. The molecule has 0 saturated heterocycles. The summed E-state index contributed by atoms with van der Waals surface area (Å²) in [7, 11) is 0. The van der Waals surface area contributed by atoms with E-state index < -0.39 is 12.2 Å². The second-order valence-electron chi connectivity index (χ2n) is 4.16. The van der Waals surface area contributed by atoms with Gasteiger partial charge < -0.3 is 10.5 Å². The monoisotopic (exact) mass is 317 g/mol. The first kappa shape index (κ1) is 15.5. The Bertz CT molecular complexity index is 613. The highest BCUT2D eigenvalue weighted by molar-refractivity contribution is 7.98. The summed E-state index contributed by atoms with van der Waals surface area (Å²) < 4.78 is 52.7. The molecule has 2 N–H and O–H groups in total.